The summed E-state index contributed by atoms with van der Waals surface area (Å²) >= 11 is 0. The molecule has 1 fully saturated rings. The van der Waals surface area contributed by atoms with Crippen molar-refractivity contribution in [1.82, 2.24) is 4.98 Å². The van der Waals surface area contributed by atoms with E-state index in [1.54, 1.807) is 12.3 Å². The van der Waals surface area contributed by atoms with Crippen LogP contribution in [0.5, 0.6) is 0 Å². The summed E-state index contributed by atoms with van der Waals surface area (Å²) < 4.78 is 0. The number of nitrogens with zero attached hydrogens (tertiary/aromatic N) is 3. The SMILES string of the molecule is N#Cc1cc(N)cnc1N1CCC(CO)C1. The first-order chi connectivity index (χ1) is 7.74. The second kappa shape index (κ2) is 4.37. The van der Waals surface area contributed by atoms with Gasteiger partial charge in [0, 0.05) is 25.6 Å². The number of aromatic nitrogens is 1. The lowest BCUT2D eigenvalue weighted by molar-refractivity contribution is 0.238. The Labute approximate surface area is 94.1 Å². The van der Waals surface area contributed by atoms with Gasteiger partial charge in [0.2, 0.25) is 0 Å². The molecular weight excluding hydrogens is 204 g/mol. The molecule has 0 spiro atoms. The van der Waals surface area contributed by atoms with E-state index < -0.39 is 0 Å². The molecule has 16 heavy (non-hydrogen) atoms. The number of aliphatic hydroxyl groups is 1. The van der Waals surface area contributed by atoms with Crippen LogP contribution in [0.1, 0.15) is 12.0 Å². The number of hydrogen-bond acceptors (Lipinski definition) is 5. The summed E-state index contributed by atoms with van der Waals surface area (Å²) in [5, 5.41) is 18.1. The van der Waals surface area contributed by atoms with Gasteiger partial charge in [-0.1, -0.05) is 0 Å². The van der Waals surface area contributed by atoms with Gasteiger partial charge in [-0.25, -0.2) is 4.98 Å². The number of hydrogen-bond donors (Lipinski definition) is 2. The van der Waals surface area contributed by atoms with Crippen molar-refractivity contribution in [1.29, 1.82) is 5.26 Å². The summed E-state index contributed by atoms with van der Waals surface area (Å²) in [6.45, 7) is 1.77. The molecule has 1 aromatic heterocycles. The normalized spacial score (nSPS) is 19.8. The maximum absolute atomic E-state index is 9.07. The first-order valence-electron chi connectivity index (χ1n) is 5.26. The van der Waals surface area contributed by atoms with Crippen molar-refractivity contribution >= 4 is 11.5 Å². The highest BCUT2D eigenvalue weighted by molar-refractivity contribution is 5.59. The van der Waals surface area contributed by atoms with E-state index in [1.807, 2.05) is 4.90 Å². The van der Waals surface area contributed by atoms with Gasteiger partial charge >= 0.3 is 0 Å². The van der Waals surface area contributed by atoms with E-state index in [1.165, 1.54) is 0 Å². The molecule has 0 saturated carbocycles. The topological polar surface area (TPSA) is 86.2 Å². The lowest BCUT2D eigenvalue weighted by Crippen LogP contribution is -2.22. The maximum atomic E-state index is 9.07. The highest BCUT2D eigenvalue weighted by Gasteiger charge is 2.24. The van der Waals surface area contributed by atoms with Crippen LogP contribution in [0.2, 0.25) is 0 Å². The van der Waals surface area contributed by atoms with Crippen LogP contribution in [0.3, 0.4) is 0 Å². The van der Waals surface area contributed by atoms with Crippen molar-refractivity contribution in [2.75, 3.05) is 30.3 Å². The maximum Gasteiger partial charge on any atom is 0.146 e. The molecule has 2 rings (SSSR count). The standard InChI is InChI=1S/C11H14N4O/c12-4-9-3-10(13)5-14-11(9)15-2-1-8(6-15)7-16/h3,5,8,16H,1-2,6-7,13H2. The van der Waals surface area contributed by atoms with E-state index in [9.17, 15) is 0 Å². The zero-order valence-corrected chi connectivity index (χ0v) is 8.93. The van der Waals surface area contributed by atoms with E-state index in [0.29, 0.717) is 17.1 Å². The van der Waals surface area contributed by atoms with Crippen molar-refractivity contribution in [3.63, 3.8) is 0 Å². The first-order valence-corrected chi connectivity index (χ1v) is 5.26. The van der Waals surface area contributed by atoms with Gasteiger partial charge in [0.15, 0.2) is 0 Å². The molecule has 1 unspecified atom stereocenters. The van der Waals surface area contributed by atoms with E-state index in [2.05, 4.69) is 11.1 Å². The lowest BCUT2D eigenvalue weighted by Gasteiger charge is -2.18. The summed E-state index contributed by atoms with van der Waals surface area (Å²) in [4.78, 5) is 6.22. The molecule has 0 aromatic carbocycles. The second-order valence-corrected chi connectivity index (χ2v) is 4.03. The van der Waals surface area contributed by atoms with Crippen molar-refractivity contribution in [2.24, 2.45) is 5.92 Å². The smallest absolute Gasteiger partial charge is 0.146 e. The van der Waals surface area contributed by atoms with Gasteiger partial charge in [-0.05, 0) is 12.5 Å². The minimum Gasteiger partial charge on any atom is -0.397 e. The Kier molecular flexibility index (Phi) is 2.93. The minimum atomic E-state index is 0.188. The molecule has 5 heteroatoms. The average Bonchev–Trinajstić information content (AvgIpc) is 2.77. The molecule has 1 aliphatic heterocycles. The van der Waals surface area contributed by atoms with Gasteiger partial charge < -0.3 is 15.7 Å². The Morgan fingerprint density at radius 3 is 3.12 bits per heavy atom. The van der Waals surface area contributed by atoms with Crippen LogP contribution in [-0.4, -0.2) is 29.8 Å². The van der Waals surface area contributed by atoms with Gasteiger partial charge in [0.25, 0.3) is 0 Å². The van der Waals surface area contributed by atoms with Crippen molar-refractivity contribution in [3.05, 3.63) is 17.8 Å². The Balaban J connectivity index is 2.25. The van der Waals surface area contributed by atoms with Crippen LogP contribution in [-0.2, 0) is 0 Å². The number of nitrogen functional groups attached to an aromatic ring is 1. The number of nitrogens with two attached hydrogens (primary N) is 1. The summed E-state index contributed by atoms with van der Waals surface area (Å²) in [5.41, 5.74) is 6.58. The molecule has 1 atom stereocenters. The third kappa shape index (κ3) is 1.92. The Bertz CT molecular complexity index is 426. The van der Waals surface area contributed by atoms with Crippen molar-refractivity contribution in [2.45, 2.75) is 6.42 Å². The predicted octanol–water partition coefficient (Wildman–Crippen LogP) is 0.354. The zero-order chi connectivity index (χ0) is 11.5. The number of aliphatic hydroxyl groups excluding tert-OH is 1. The quantitative estimate of drug-likeness (QED) is 0.748. The van der Waals surface area contributed by atoms with Crippen LogP contribution in [0.4, 0.5) is 11.5 Å². The van der Waals surface area contributed by atoms with Crippen LogP contribution in [0, 0.1) is 17.2 Å². The number of nitriles is 1. The first kappa shape index (κ1) is 10.7. The Morgan fingerprint density at radius 2 is 2.50 bits per heavy atom. The predicted molar refractivity (Wildman–Crippen MR) is 60.8 cm³/mol. The number of pyridine rings is 1. The summed E-state index contributed by atoms with van der Waals surface area (Å²) in [5.74, 6) is 0.957. The molecule has 0 bridgehead atoms. The molecule has 1 aliphatic rings. The summed E-state index contributed by atoms with van der Waals surface area (Å²) in [6.07, 6.45) is 2.50. The lowest BCUT2D eigenvalue weighted by atomic mass is 10.1. The molecule has 84 valence electrons. The Hall–Kier alpha value is -1.80. The van der Waals surface area contributed by atoms with Gasteiger partial charge in [-0.3, -0.25) is 0 Å². The van der Waals surface area contributed by atoms with Gasteiger partial charge in [-0.15, -0.1) is 0 Å². The molecule has 5 nitrogen and oxygen atoms in total. The third-order valence-electron chi connectivity index (χ3n) is 2.85. The third-order valence-corrected chi connectivity index (χ3v) is 2.85. The number of anilines is 2. The monoisotopic (exact) mass is 218 g/mol. The van der Waals surface area contributed by atoms with E-state index in [4.69, 9.17) is 16.1 Å². The highest BCUT2D eigenvalue weighted by Crippen LogP contribution is 2.25. The zero-order valence-electron chi connectivity index (χ0n) is 8.93. The van der Waals surface area contributed by atoms with Crippen molar-refractivity contribution in [3.8, 4) is 6.07 Å². The molecular formula is C11H14N4O. The van der Waals surface area contributed by atoms with E-state index in [-0.39, 0.29) is 12.5 Å². The molecule has 1 aromatic rings. The van der Waals surface area contributed by atoms with E-state index >= 15 is 0 Å². The van der Waals surface area contributed by atoms with Crippen LogP contribution < -0.4 is 10.6 Å². The van der Waals surface area contributed by atoms with Crippen LogP contribution in [0.15, 0.2) is 12.3 Å². The summed E-state index contributed by atoms with van der Waals surface area (Å²) in [7, 11) is 0. The summed E-state index contributed by atoms with van der Waals surface area (Å²) in [6, 6.07) is 3.73. The van der Waals surface area contributed by atoms with Gasteiger partial charge in [0.05, 0.1) is 17.4 Å². The molecule has 3 N–H and O–H groups in total. The minimum absolute atomic E-state index is 0.188. The van der Waals surface area contributed by atoms with Gasteiger partial charge in [-0.2, -0.15) is 5.26 Å². The number of rotatable bonds is 2. The van der Waals surface area contributed by atoms with Crippen LogP contribution in [0.25, 0.3) is 0 Å². The van der Waals surface area contributed by atoms with Crippen molar-refractivity contribution < 1.29 is 5.11 Å². The fourth-order valence-electron chi connectivity index (χ4n) is 1.98. The van der Waals surface area contributed by atoms with Gasteiger partial charge in [0.1, 0.15) is 11.9 Å². The molecule has 0 radical (unpaired) electrons. The second-order valence-electron chi connectivity index (χ2n) is 4.03. The Morgan fingerprint density at radius 1 is 1.69 bits per heavy atom. The molecule has 0 aliphatic carbocycles. The fourth-order valence-corrected chi connectivity index (χ4v) is 1.98. The van der Waals surface area contributed by atoms with E-state index in [0.717, 1.165) is 19.5 Å². The largest absolute Gasteiger partial charge is 0.397 e. The fraction of sp³-hybridized carbons (Fsp3) is 0.455. The highest BCUT2D eigenvalue weighted by atomic mass is 16.3. The molecule has 0 amide bonds. The average molecular weight is 218 g/mol. The molecule has 2 heterocycles. The van der Waals surface area contributed by atoms with Crippen LogP contribution >= 0.6 is 0 Å². The molecule has 1 saturated heterocycles.